The normalized spacial score (nSPS) is 15.3. The first-order chi connectivity index (χ1) is 17.5. The molecule has 1 aliphatic carbocycles. The van der Waals surface area contributed by atoms with Crippen molar-refractivity contribution in [1.29, 1.82) is 0 Å². The highest BCUT2D eigenvalue weighted by atomic mass is 35.5. The number of rotatable bonds is 7. The van der Waals surface area contributed by atoms with E-state index in [2.05, 4.69) is 9.82 Å². The van der Waals surface area contributed by atoms with Crippen LogP contribution in [0.2, 0.25) is 5.02 Å². The van der Waals surface area contributed by atoms with Crippen LogP contribution in [-0.2, 0) is 27.1 Å². The summed E-state index contributed by atoms with van der Waals surface area (Å²) in [6.07, 6.45) is 5.95. The topological polar surface area (TPSA) is 137 Å². The summed E-state index contributed by atoms with van der Waals surface area (Å²) in [5.74, 6) is 0.185. The highest BCUT2D eigenvalue weighted by Crippen LogP contribution is 2.28. The lowest BCUT2D eigenvalue weighted by atomic mass is 9.96. The maximum Gasteiger partial charge on any atom is 0.242 e. The number of sulfonamides is 2. The van der Waals surface area contributed by atoms with E-state index < -0.39 is 20.0 Å². The van der Waals surface area contributed by atoms with Crippen LogP contribution in [0.3, 0.4) is 0 Å². The van der Waals surface area contributed by atoms with E-state index in [0.717, 1.165) is 17.6 Å². The van der Waals surface area contributed by atoms with Crippen molar-refractivity contribution < 1.29 is 16.8 Å². The minimum Gasteiger partial charge on any atom is -0.254 e. The maximum atomic E-state index is 12.4. The summed E-state index contributed by atoms with van der Waals surface area (Å²) in [5.41, 5.74) is 0.691. The van der Waals surface area contributed by atoms with Crippen LogP contribution in [0.1, 0.15) is 32.1 Å². The van der Waals surface area contributed by atoms with E-state index in [1.807, 2.05) is 7.05 Å². The Bertz CT molecular complexity index is 1470. The molecule has 0 amide bonds. The highest BCUT2D eigenvalue weighted by molar-refractivity contribution is 7.89. The molecule has 202 valence electrons. The Labute approximate surface area is 231 Å². The molecule has 0 spiro atoms. The zero-order chi connectivity index (χ0) is 27.1. The summed E-state index contributed by atoms with van der Waals surface area (Å²) >= 11 is 13.2. The third kappa shape index (κ3) is 8.60. The Hall–Kier alpha value is -1.80. The number of primary sulfonamides is 1. The highest BCUT2D eigenvalue weighted by Gasteiger charge is 2.20. The zero-order valence-corrected chi connectivity index (χ0v) is 24.1. The third-order valence-electron chi connectivity index (χ3n) is 5.50. The zero-order valence-electron chi connectivity index (χ0n) is 20.2. The van der Waals surface area contributed by atoms with Crippen LogP contribution < -0.4 is 14.7 Å². The largest absolute Gasteiger partial charge is 0.254 e. The van der Waals surface area contributed by atoms with Crippen molar-refractivity contribution in [1.82, 2.24) is 14.5 Å². The number of nitrogens with two attached hydrogens (primary N) is 1. The van der Waals surface area contributed by atoms with E-state index in [9.17, 15) is 16.8 Å². The van der Waals surface area contributed by atoms with E-state index in [1.54, 1.807) is 41.1 Å². The van der Waals surface area contributed by atoms with Crippen LogP contribution in [0.15, 0.2) is 63.3 Å². The quantitative estimate of drug-likeness (QED) is 0.394. The van der Waals surface area contributed by atoms with E-state index in [0.29, 0.717) is 16.6 Å². The molecule has 0 atom stereocenters. The molecule has 37 heavy (non-hydrogen) atoms. The summed E-state index contributed by atoms with van der Waals surface area (Å²) in [5, 5.41) is 10.2. The monoisotopic (exact) mass is 605 g/mol. The molecule has 0 bridgehead atoms. The molecule has 3 N–H and O–H groups in total. The van der Waals surface area contributed by atoms with Gasteiger partial charge in [0.2, 0.25) is 24.8 Å². The van der Waals surface area contributed by atoms with E-state index >= 15 is 0 Å². The van der Waals surface area contributed by atoms with Crippen molar-refractivity contribution in [3.63, 3.8) is 0 Å². The lowest BCUT2D eigenvalue weighted by Gasteiger charge is -2.16. The molecule has 1 aromatic heterocycles. The van der Waals surface area contributed by atoms with Gasteiger partial charge in [0, 0.05) is 25.0 Å². The minimum absolute atomic E-state index is 0.0235. The number of nitrogens with zero attached hydrogens (tertiary/aromatic N) is 3. The molecule has 1 saturated carbocycles. The number of aromatic nitrogens is 2. The molecule has 1 aliphatic rings. The average Bonchev–Trinajstić information content (AvgIpc) is 3.24. The van der Waals surface area contributed by atoms with Crippen molar-refractivity contribution >= 4 is 54.6 Å². The predicted octanol–water partition coefficient (Wildman–Crippen LogP) is 3.89. The van der Waals surface area contributed by atoms with Gasteiger partial charge in [0.05, 0.1) is 16.0 Å². The fourth-order valence-electron chi connectivity index (χ4n) is 3.65. The van der Waals surface area contributed by atoms with Crippen molar-refractivity contribution in [2.24, 2.45) is 17.2 Å². The summed E-state index contributed by atoms with van der Waals surface area (Å²) < 4.78 is 50.3. The second-order valence-electron chi connectivity index (χ2n) is 8.32. The summed E-state index contributed by atoms with van der Waals surface area (Å²) in [7, 11) is -5.37. The Morgan fingerprint density at radius 2 is 1.78 bits per heavy atom. The molecule has 0 aliphatic heterocycles. The van der Waals surface area contributed by atoms with Crippen molar-refractivity contribution in [2.75, 3.05) is 12.4 Å². The van der Waals surface area contributed by atoms with E-state index in [-0.39, 0.29) is 27.2 Å². The number of hydrogen-bond donors (Lipinski definition) is 2. The molecule has 0 unspecified atom stereocenters. The first-order valence-corrected chi connectivity index (χ1v) is 16.3. The summed E-state index contributed by atoms with van der Waals surface area (Å²) in [4.78, 5) is 5.86. The fraction of sp³-hybridized carbons (Fsp3) is 0.391. The molecule has 1 fully saturated rings. The third-order valence-corrected chi connectivity index (χ3v) is 9.62. The molecule has 3 aromatic rings. The molecule has 0 saturated heterocycles. The van der Waals surface area contributed by atoms with Gasteiger partial charge in [0.15, 0.2) is 0 Å². The van der Waals surface area contributed by atoms with Crippen molar-refractivity contribution in [3.05, 3.63) is 58.4 Å². The van der Waals surface area contributed by atoms with Gasteiger partial charge in [-0.05, 0) is 37.1 Å². The van der Waals surface area contributed by atoms with Gasteiger partial charge >= 0.3 is 0 Å². The Kier molecular flexibility index (Phi) is 10.7. The Morgan fingerprint density at radius 3 is 2.38 bits per heavy atom. The average molecular weight is 607 g/mol. The first kappa shape index (κ1) is 29.8. The Balaban J connectivity index is 0.000000319. The van der Waals surface area contributed by atoms with Gasteiger partial charge in [-0.2, -0.15) is 5.10 Å². The molecular formula is C23H29Cl2N5O4S3. The lowest BCUT2D eigenvalue weighted by Crippen LogP contribution is -2.25. The number of benzene rings is 2. The number of alkyl halides is 1. The van der Waals surface area contributed by atoms with Crippen LogP contribution in [0.5, 0.6) is 0 Å². The van der Waals surface area contributed by atoms with Crippen LogP contribution in [0.25, 0.3) is 10.6 Å². The van der Waals surface area contributed by atoms with Crippen molar-refractivity contribution in [2.45, 2.75) is 47.9 Å². The van der Waals surface area contributed by atoms with Gasteiger partial charge in [-0.3, -0.25) is 4.99 Å². The van der Waals surface area contributed by atoms with E-state index in [4.69, 9.17) is 33.3 Å². The van der Waals surface area contributed by atoms with E-state index in [1.165, 1.54) is 42.7 Å². The molecule has 14 heteroatoms. The maximum absolute atomic E-state index is 12.4. The molecule has 2 aromatic carbocycles. The van der Waals surface area contributed by atoms with Gasteiger partial charge in [-0.1, -0.05) is 66.5 Å². The first-order valence-electron chi connectivity index (χ1n) is 11.5. The SMILES string of the molecule is Cn1nc(-c2ccc(Cl)c(S(=O)(=O)NCCCl)c2)sc1=NC1CCCCC1.NS(=O)(=O)c1ccccc1. The summed E-state index contributed by atoms with van der Waals surface area (Å²) in [6.45, 7) is 0.140. The molecule has 0 radical (unpaired) electrons. The molecule has 1 heterocycles. The predicted molar refractivity (Wildman–Crippen MR) is 148 cm³/mol. The van der Waals surface area contributed by atoms with Crippen LogP contribution in [0, 0.1) is 0 Å². The number of hydrogen-bond acceptors (Lipinski definition) is 7. The van der Waals surface area contributed by atoms with Crippen molar-refractivity contribution in [3.8, 4) is 10.6 Å². The summed E-state index contributed by atoms with van der Waals surface area (Å²) in [6, 6.07) is 13.1. The van der Waals surface area contributed by atoms with Crippen LogP contribution in [-0.4, -0.2) is 45.1 Å². The van der Waals surface area contributed by atoms with Gasteiger partial charge < -0.3 is 0 Å². The molecule has 9 nitrogen and oxygen atoms in total. The minimum atomic E-state index is -3.73. The molecular weight excluding hydrogens is 577 g/mol. The second-order valence-corrected chi connectivity index (χ2v) is 13.4. The number of halogens is 2. The van der Waals surface area contributed by atoms with Gasteiger partial charge in [-0.25, -0.2) is 31.4 Å². The van der Waals surface area contributed by atoms with Gasteiger partial charge in [0.1, 0.15) is 9.90 Å². The molecule has 4 rings (SSSR count). The van der Waals surface area contributed by atoms with Crippen LogP contribution in [0.4, 0.5) is 0 Å². The second kappa shape index (κ2) is 13.3. The number of aryl methyl sites for hydroxylation is 1. The number of nitrogens with one attached hydrogen (secondary N) is 1. The van der Waals surface area contributed by atoms with Crippen LogP contribution >= 0.6 is 34.5 Å². The fourth-order valence-corrected chi connectivity index (χ4v) is 6.90. The lowest BCUT2D eigenvalue weighted by molar-refractivity contribution is 0.434. The standard InChI is InChI=1S/C17H22Cl2N4O2S2.C6H7NO2S/c1-23-17(21-13-5-3-2-4-6-13)26-16(22-23)12-7-8-14(19)15(11-12)27(24,25)20-10-9-18;7-10(8,9)6-4-2-1-3-5-6/h7-8,11,13,20H,2-6,9-10H2,1H3;1-5H,(H2,7,8,9). The smallest absolute Gasteiger partial charge is 0.242 e. The van der Waals surface area contributed by atoms with Gasteiger partial charge in [0.25, 0.3) is 0 Å². The Morgan fingerprint density at radius 1 is 1.11 bits per heavy atom. The van der Waals surface area contributed by atoms with Gasteiger partial charge in [-0.15, -0.1) is 11.6 Å².